The summed E-state index contributed by atoms with van der Waals surface area (Å²) >= 11 is 0. The minimum absolute atomic E-state index is 0.0857. The lowest BCUT2D eigenvalue weighted by atomic mass is 10.1. The Kier molecular flexibility index (Phi) is 5.72. The van der Waals surface area contributed by atoms with E-state index in [4.69, 9.17) is 9.15 Å². The van der Waals surface area contributed by atoms with Crippen molar-refractivity contribution < 1.29 is 13.9 Å². The molecule has 0 radical (unpaired) electrons. The molecule has 1 aromatic carbocycles. The predicted octanol–water partition coefficient (Wildman–Crippen LogP) is 3.11. The van der Waals surface area contributed by atoms with Gasteiger partial charge in [-0.1, -0.05) is 17.7 Å². The third-order valence-corrected chi connectivity index (χ3v) is 4.05. The third-order valence-electron chi connectivity index (χ3n) is 4.05. The highest BCUT2D eigenvalue weighted by Gasteiger charge is 2.13. The Hall–Kier alpha value is -2.76. The van der Waals surface area contributed by atoms with Gasteiger partial charge in [-0.2, -0.15) is 5.10 Å². The largest absolute Gasteiger partial charge is 0.484 e. The molecule has 0 atom stereocenters. The van der Waals surface area contributed by atoms with E-state index in [2.05, 4.69) is 15.4 Å². The van der Waals surface area contributed by atoms with Gasteiger partial charge in [0.05, 0.1) is 6.21 Å². The Morgan fingerprint density at radius 2 is 1.96 bits per heavy atom. The zero-order valence-electron chi connectivity index (χ0n) is 14.4. The number of hydrazone groups is 1. The Bertz CT molecular complexity index is 716. The second kappa shape index (κ2) is 8.37. The normalized spacial score (nSPS) is 14.7. The molecule has 0 aliphatic carbocycles. The summed E-state index contributed by atoms with van der Waals surface area (Å²) in [6, 6.07) is 11.3. The lowest BCUT2D eigenvalue weighted by molar-refractivity contribution is -0.123. The summed E-state index contributed by atoms with van der Waals surface area (Å²) in [4.78, 5) is 14.0. The van der Waals surface area contributed by atoms with Gasteiger partial charge in [0.2, 0.25) is 0 Å². The van der Waals surface area contributed by atoms with Crippen LogP contribution in [-0.4, -0.2) is 31.8 Å². The number of carbonyl (C=O) groups is 1. The molecule has 25 heavy (non-hydrogen) atoms. The number of nitrogens with zero attached hydrogens (tertiary/aromatic N) is 2. The van der Waals surface area contributed by atoms with Gasteiger partial charge < -0.3 is 14.1 Å². The topological polar surface area (TPSA) is 67.1 Å². The first-order valence-electron chi connectivity index (χ1n) is 8.57. The first kappa shape index (κ1) is 17.1. The van der Waals surface area contributed by atoms with E-state index in [1.807, 2.05) is 43.3 Å². The van der Waals surface area contributed by atoms with Crippen molar-refractivity contribution in [1.82, 2.24) is 5.43 Å². The molecule has 6 nitrogen and oxygen atoms in total. The Morgan fingerprint density at radius 1 is 1.20 bits per heavy atom. The number of benzene rings is 1. The Balaban J connectivity index is 1.43. The molecule has 0 bridgehead atoms. The van der Waals surface area contributed by atoms with Crippen LogP contribution in [0.15, 0.2) is 45.9 Å². The fourth-order valence-electron chi connectivity index (χ4n) is 2.68. The van der Waals surface area contributed by atoms with E-state index in [1.165, 1.54) is 25.5 Å². The summed E-state index contributed by atoms with van der Waals surface area (Å²) in [5.41, 5.74) is 3.58. The molecule has 1 fully saturated rings. The predicted molar refractivity (Wildman–Crippen MR) is 97.2 cm³/mol. The van der Waals surface area contributed by atoms with Crippen molar-refractivity contribution in [1.29, 1.82) is 0 Å². The van der Waals surface area contributed by atoms with Crippen LogP contribution in [0.2, 0.25) is 0 Å². The maximum Gasteiger partial charge on any atom is 0.277 e. The number of nitrogens with one attached hydrogen (secondary N) is 1. The second-order valence-electron chi connectivity index (χ2n) is 6.12. The van der Waals surface area contributed by atoms with Crippen molar-refractivity contribution in [2.45, 2.75) is 26.2 Å². The van der Waals surface area contributed by atoms with Gasteiger partial charge in [-0.15, -0.1) is 0 Å². The van der Waals surface area contributed by atoms with E-state index in [0.29, 0.717) is 11.5 Å². The van der Waals surface area contributed by atoms with Crippen LogP contribution in [0.1, 0.15) is 30.6 Å². The van der Waals surface area contributed by atoms with Gasteiger partial charge in [-0.3, -0.25) is 4.79 Å². The van der Waals surface area contributed by atoms with Crippen molar-refractivity contribution >= 4 is 18.0 Å². The maximum absolute atomic E-state index is 11.7. The molecule has 0 saturated carbocycles. The van der Waals surface area contributed by atoms with Crippen LogP contribution in [0.5, 0.6) is 5.75 Å². The standard InChI is InChI=1S/C19H23N3O3/c1-15-5-7-16(8-6-15)24-14-18(23)21-20-13-17-9-10-19(25-17)22-11-3-2-4-12-22/h5-10,13H,2-4,11-12,14H2,1H3,(H,21,23)/b20-13-. The van der Waals surface area contributed by atoms with Crippen LogP contribution >= 0.6 is 0 Å². The quantitative estimate of drug-likeness (QED) is 0.647. The summed E-state index contributed by atoms with van der Waals surface area (Å²) in [6.45, 7) is 3.96. The monoisotopic (exact) mass is 341 g/mol. The first-order valence-corrected chi connectivity index (χ1v) is 8.57. The van der Waals surface area contributed by atoms with Crippen LogP contribution < -0.4 is 15.1 Å². The van der Waals surface area contributed by atoms with Crippen molar-refractivity contribution in [3.63, 3.8) is 0 Å². The average Bonchev–Trinajstić information content (AvgIpc) is 3.11. The van der Waals surface area contributed by atoms with Crippen LogP contribution in [0.25, 0.3) is 0 Å². The van der Waals surface area contributed by atoms with E-state index >= 15 is 0 Å². The second-order valence-corrected chi connectivity index (χ2v) is 6.12. The lowest BCUT2D eigenvalue weighted by Gasteiger charge is -2.25. The molecular formula is C19H23N3O3. The minimum atomic E-state index is -0.320. The highest BCUT2D eigenvalue weighted by molar-refractivity contribution is 5.81. The number of amides is 1. The summed E-state index contributed by atoms with van der Waals surface area (Å²) in [6.07, 6.45) is 5.17. The van der Waals surface area contributed by atoms with Crippen LogP contribution in [0.3, 0.4) is 0 Å². The van der Waals surface area contributed by atoms with Crippen molar-refractivity contribution in [3.05, 3.63) is 47.7 Å². The number of furan rings is 1. The average molecular weight is 341 g/mol. The van der Waals surface area contributed by atoms with E-state index < -0.39 is 0 Å². The molecule has 2 aromatic rings. The molecule has 6 heteroatoms. The first-order chi connectivity index (χ1) is 12.2. The van der Waals surface area contributed by atoms with E-state index in [-0.39, 0.29) is 12.5 Å². The Labute approximate surface area is 147 Å². The van der Waals surface area contributed by atoms with Gasteiger partial charge in [0.15, 0.2) is 12.5 Å². The van der Waals surface area contributed by atoms with Gasteiger partial charge >= 0.3 is 0 Å². The highest BCUT2D eigenvalue weighted by Crippen LogP contribution is 2.21. The number of hydrogen-bond acceptors (Lipinski definition) is 5. The van der Waals surface area contributed by atoms with Crippen molar-refractivity contribution in [3.8, 4) is 5.75 Å². The van der Waals surface area contributed by atoms with Gasteiger partial charge in [0, 0.05) is 19.2 Å². The van der Waals surface area contributed by atoms with Gasteiger partial charge in [-0.05, 0) is 44.4 Å². The van der Waals surface area contributed by atoms with Gasteiger partial charge in [-0.25, -0.2) is 5.43 Å². The fourth-order valence-corrected chi connectivity index (χ4v) is 2.68. The maximum atomic E-state index is 11.7. The van der Waals surface area contributed by atoms with Gasteiger partial charge in [0.25, 0.3) is 5.91 Å². The van der Waals surface area contributed by atoms with E-state index in [1.54, 1.807) is 0 Å². The number of rotatable bonds is 6. The van der Waals surface area contributed by atoms with E-state index in [0.717, 1.165) is 24.5 Å². The van der Waals surface area contributed by atoms with Crippen molar-refractivity contribution in [2.75, 3.05) is 24.6 Å². The van der Waals surface area contributed by atoms with Crippen LogP contribution in [-0.2, 0) is 4.79 Å². The number of ether oxygens (including phenoxy) is 1. The molecule has 1 aliphatic heterocycles. The van der Waals surface area contributed by atoms with Gasteiger partial charge in [0.1, 0.15) is 11.5 Å². The molecule has 1 amide bonds. The molecular weight excluding hydrogens is 318 g/mol. The summed E-state index contributed by atoms with van der Waals surface area (Å²) in [5, 5.41) is 3.91. The molecule has 132 valence electrons. The third kappa shape index (κ3) is 5.11. The smallest absolute Gasteiger partial charge is 0.277 e. The lowest BCUT2D eigenvalue weighted by Crippen LogP contribution is -2.28. The summed E-state index contributed by atoms with van der Waals surface area (Å²) < 4.78 is 11.1. The van der Waals surface area contributed by atoms with Crippen LogP contribution in [0, 0.1) is 6.92 Å². The molecule has 0 unspecified atom stereocenters. The van der Waals surface area contributed by atoms with Crippen molar-refractivity contribution in [2.24, 2.45) is 5.10 Å². The summed E-state index contributed by atoms with van der Waals surface area (Å²) in [7, 11) is 0. The molecule has 1 N–H and O–H groups in total. The molecule has 0 spiro atoms. The number of piperidine rings is 1. The molecule has 3 rings (SSSR count). The number of carbonyl (C=O) groups excluding carboxylic acids is 1. The molecule has 1 aromatic heterocycles. The molecule has 1 aliphatic rings. The number of anilines is 1. The zero-order valence-corrected chi connectivity index (χ0v) is 14.4. The number of hydrogen-bond donors (Lipinski definition) is 1. The minimum Gasteiger partial charge on any atom is -0.484 e. The fraction of sp³-hybridized carbons (Fsp3) is 0.368. The zero-order chi connectivity index (χ0) is 17.5. The summed E-state index contributed by atoms with van der Waals surface area (Å²) in [5.74, 6) is 1.80. The number of aryl methyl sites for hydroxylation is 1. The molecule has 1 saturated heterocycles. The van der Waals surface area contributed by atoms with Crippen LogP contribution in [0.4, 0.5) is 5.88 Å². The highest BCUT2D eigenvalue weighted by atomic mass is 16.5. The molecule has 2 heterocycles. The SMILES string of the molecule is Cc1ccc(OCC(=O)N/N=C\c2ccc(N3CCCCC3)o2)cc1. The van der Waals surface area contributed by atoms with E-state index in [9.17, 15) is 4.79 Å². The Morgan fingerprint density at radius 3 is 2.72 bits per heavy atom.